The first-order valence-corrected chi connectivity index (χ1v) is 7.30. The van der Waals surface area contributed by atoms with Gasteiger partial charge < -0.3 is 21.9 Å². The number of aromatic hydroxyl groups is 1. The number of phenols is 1. The maximum Gasteiger partial charge on any atom is 0.316 e. The van der Waals surface area contributed by atoms with Crippen LogP contribution in [0.1, 0.15) is 10.5 Å². The number of anilines is 1. The van der Waals surface area contributed by atoms with Gasteiger partial charge in [0.15, 0.2) is 5.69 Å². The zero-order valence-electron chi connectivity index (χ0n) is 13.0. The van der Waals surface area contributed by atoms with E-state index in [9.17, 15) is 14.7 Å². The van der Waals surface area contributed by atoms with E-state index in [1.54, 1.807) is 24.3 Å². The number of hydrogen-bond donors (Lipinski definition) is 4. The number of amides is 3. The first-order chi connectivity index (χ1) is 11.9. The van der Waals surface area contributed by atoms with Crippen LogP contribution in [0.4, 0.5) is 10.5 Å². The molecule has 0 unspecified atom stereocenters. The van der Waals surface area contributed by atoms with Crippen molar-refractivity contribution in [1.82, 2.24) is 9.78 Å². The Morgan fingerprint density at radius 1 is 1.04 bits per heavy atom. The van der Waals surface area contributed by atoms with Gasteiger partial charge in [-0.15, -0.1) is 0 Å². The lowest BCUT2D eigenvalue weighted by atomic mass is 10.0. The number of aromatic nitrogens is 2. The second-order valence-corrected chi connectivity index (χ2v) is 5.29. The number of hydrogen-bond acceptors (Lipinski definition) is 4. The summed E-state index contributed by atoms with van der Waals surface area (Å²) in [5, 5.41) is 16.1. The molecule has 0 spiro atoms. The van der Waals surface area contributed by atoms with Gasteiger partial charge in [-0.1, -0.05) is 24.3 Å². The third-order valence-corrected chi connectivity index (χ3v) is 3.50. The molecule has 0 fully saturated rings. The summed E-state index contributed by atoms with van der Waals surface area (Å²) in [4.78, 5) is 22.6. The van der Waals surface area contributed by atoms with Crippen LogP contribution in [-0.2, 0) is 0 Å². The standard InChI is InChI=1S/C17H15N5O3/c18-16(24)15-14(20-17(19)25)9-22(21-15)12-5-1-3-10(7-12)11-4-2-6-13(23)8-11/h1-9,23H,(H2,18,24)(H3,19,20,25). The van der Waals surface area contributed by atoms with Gasteiger partial charge in [0, 0.05) is 0 Å². The summed E-state index contributed by atoms with van der Waals surface area (Å²) in [7, 11) is 0. The zero-order chi connectivity index (χ0) is 18.0. The quantitative estimate of drug-likeness (QED) is 0.577. The summed E-state index contributed by atoms with van der Waals surface area (Å²) in [5.41, 5.74) is 12.7. The van der Waals surface area contributed by atoms with Crippen LogP contribution in [0.3, 0.4) is 0 Å². The minimum Gasteiger partial charge on any atom is -0.508 e. The minimum atomic E-state index is -0.824. The predicted octanol–water partition coefficient (Wildman–Crippen LogP) is 1.83. The van der Waals surface area contributed by atoms with Gasteiger partial charge in [0.1, 0.15) is 5.75 Å². The smallest absolute Gasteiger partial charge is 0.316 e. The predicted molar refractivity (Wildman–Crippen MR) is 92.4 cm³/mol. The fraction of sp³-hybridized carbons (Fsp3) is 0. The Morgan fingerprint density at radius 2 is 1.72 bits per heavy atom. The number of primary amides is 2. The van der Waals surface area contributed by atoms with Crippen molar-refractivity contribution in [2.45, 2.75) is 0 Å². The third kappa shape index (κ3) is 3.42. The molecule has 0 radical (unpaired) electrons. The number of nitrogens with two attached hydrogens (primary N) is 2. The molecule has 0 aliphatic heterocycles. The Kier molecular flexibility index (Phi) is 4.09. The normalized spacial score (nSPS) is 10.4. The van der Waals surface area contributed by atoms with Crippen LogP contribution in [0, 0.1) is 0 Å². The van der Waals surface area contributed by atoms with E-state index < -0.39 is 11.9 Å². The summed E-state index contributed by atoms with van der Waals surface area (Å²) < 4.78 is 1.41. The van der Waals surface area contributed by atoms with Gasteiger partial charge >= 0.3 is 6.03 Å². The highest BCUT2D eigenvalue weighted by Crippen LogP contribution is 2.26. The number of nitrogens with one attached hydrogen (secondary N) is 1. The molecule has 0 atom stereocenters. The van der Waals surface area contributed by atoms with Crippen molar-refractivity contribution in [2.75, 3.05) is 5.32 Å². The van der Waals surface area contributed by atoms with Crippen LogP contribution in [0.5, 0.6) is 5.75 Å². The van der Waals surface area contributed by atoms with Crippen molar-refractivity contribution in [3.63, 3.8) is 0 Å². The van der Waals surface area contributed by atoms with Crippen LogP contribution < -0.4 is 16.8 Å². The topological polar surface area (TPSA) is 136 Å². The lowest BCUT2D eigenvalue weighted by Gasteiger charge is -2.06. The maximum absolute atomic E-state index is 11.5. The van der Waals surface area contributed by atoms with Crippen LogP contribution >= 0.6 is 0 Å². The van der Waals surface area contributed by atoms with E-state index >= 15 is 0 Å². The fourth-order valence-electron chi connectivity index (χ4n) is 2.43. The first kappa shape index (κ1) is 16.1. The molecule has 25 heavy (non-hydrogen) atoms. The molecule has 1 aromatic heterocycles. The van der Waals surface area contributed by atoms with Gasteiger partial charge in [-0.05, 0) is 35.4 Å². The highest BCUT2D eigenvalue weighted by Gasteiger charge is 2.16. The van der Waals surface area contributed by atoms with Crippen LogP contribution in [0.2, 0.25) is 0 Å². The van der Waals surface area contributed by atoms with Gasteiger partial charge in [0.25, 0.3) is 5.91 Å². The fourth-order valence-corrected chi connectivity index (χ4v) is 2.43. The van der Waals surface area contributed by atoms with Crippen molar-refractivity contribution in [1.29, 1.82) is 0 Å². The Hall–Kier alpha value is -3.81. The Labute approximate surface area is 142 Å². The lowest BCUT2D eigenvalue weighted by Crippen LogP contribution is -2.22. The number of phenolic OH excluding ortho intramolecular Hbond substituents is 1. The molecule has 8 heteroatoms. The van der Waals surface area contributed by atoms with Gasteiger partial charge in [0.2, 0.25) is 0 Å². The molecular formula is C17H15N5O3. The summed E-state index contributed by atoms with van der Waals surface area (Å²) in [6.07, 6.45) is 1.45. The van der Waals surface area contributed by atoms with Crippen molar-refractivity contribution in [3.05, 3.63) is 60.4 Å². The van der Waals surface area contributed by atoms with E-state index in [2.05, 4.69) is 10.4 Å². The van der Waals surface area contributed by atoms with Crippen molar-refractivity contribution in [3.8, 4) is 22.6 Å². The summed E-state index contributed by atoms with van der Waals surface area (Å²) >= 11 is 0. The van der Waals surface area contributed by atoms with Crippen molar-refractivity contribution < 1.29 is 14.7 Å². The molecule has 6 N–H and O–H groups in total. The zero-order valence-corrected chi connectivity index (χ0v) is 13.0. The Bertz CT molecular complexity index is 964. The van der Waals surface area contributed by atoms with Crippen LogP contribution in [0.15, 0.2) is 54.7 Å². The molecule has 3 rings (SSSR count). The lowest BCUT2D eigenvalue weighted by molar-refractivity contribution is 0.0996. The van der Waals surface area contributed by atoms with E-state index in [-0.39, 0.29) is 17.1 Å². The van der Waals surface area contributed by atoms with Crippen molar-refractivity contribution in [2.24, 2.45) is 11.5 Å². The molecule has 3 amide bonds. The highest BCUT2D eigenvalue weighted by molar-refractivity contribution is 6.00. The molecular weight excluding hydrogens is 322 g/mol. The number of benzene rings is 2. The van der Waals surface area contributed by atoms with Gasteiger partial charge in [-0.3, -0.25) is 4.79 Å². The molecule has 2 aromatic carbocycles. The van der Waals surface area contributed by atoms with Gasteiger partial charge in [-0.2, -0.15) is 5.10 Å². The van der Waals surface area contributed by atoms with E-state index in [0.29, 0.717) is 5.69 Å². The number of nitrogens with zero attached hydrogens (tertiary/aromatic N) is 2. The summed E-state index contributed by atoms with van der Waals surface area (Å²) in [6.45, 7) is 0. The monoisotopic (exact) mass is 337 g/mol. The molecule has 1 heterocycles. The van der Waals surface area contributed by atoms with Crippen LogP contribution in [0.25, 0.3) is 16.8 Å². The number of rotatable bonds is 4. The van der Waals surface area contributed by atoms with E-state index in [0.717, 1.165) is 11.1 Å². The largest absolute Gasteiger partial charge is 0.508 e. The molecule has 8 nitrogen and oxygen atoms in total. The SMILES string of the molecule is NC(=O)Nc1cn(-c2cccc(-c3cccc(O)c3)c2)nc1C(N)=O. The Morgan fingerprint density at radius 3 is 2.36 bits per heavy atom. The van der Waals surface area contributed by atoms with Gasteiger partial charge in [0.05, 0.1) is 17.6 Å². The number of urea groups is 1. The van der Waals surface area contributed by atoms with E-state index in [1.165, 1.54) is 10.9 Å². The molecule has 0 aliphatic carbocycles. The molecule has 0 saturated carbocycles. The van der Waals surface area contributed by atoms with Gasteiger partial charge in [-0.25, -0.2) is 9.48 Å². The first-order valence-electron chi connectivity index (χ1n) is 7.30. The minimum absolute atomic E-state index is 0.0958. The molecule has 126 valence electrons. The maximum atomic E-state index is 11.5. The van der Waals surface area contributed by atoms with E-state index in [4.69, 9.17) is 11.5 Å². The second-order valence-electron chi connectivity index (χ2n) is 5.29. The molecule has 0 aliphatic rings. The second kappa shape index (κ2) is 6.36. The van der Waals surface area contributed by atoms with Crippen LogP contribution in [-0.4, -0.2) is 26.8 Å². The summed E-state index contributed by atoms with van der Waals surface area (Å²) in [6, 6.07) is 13.3. The average Bonchev–Trinajstić information content (AvgIpc) is 2.98. The Balaban J connectivity index is 2.04. The highest BCUT2D eigenvalue weighted by atomic mass is 16.3. The van der Waals surface area contributed by atoms with Crippen molar-refractivity contribution >= 4 is 17.6 Å². The summed E-state index contributed by atoms with van der Waals surface area (Å²) in [5.74, 6) is -0.627. The molecule has 0 bridgehead atoms. The number of carbonyl (C=O) groups excluding carboxylic acids is 2. The molecule has 3 aromatic rings. The van der Waals surface area contributed by atoms with E-state index in [1.807, 2.05) is 24.3 Å². The number of carbonyl (C=O) groups is 2. The average molecular weight is 337 g/mol. The molecule has 0 saturated heterocycles. The third-order valence-electron chi connectivity index (χ3n) is 3.50.